The van der Waals surface area contributed by atoms with E-state index in [9.17, 15) is 8.78 Å². The monoisotopic (exact) mass is 271 g/mol. The van der Waals surface area contributed by atoms with Gasteiger partial charge in [0.15, 0.2) is 0 Å². The van der Waals surface area contributed by atoms with Crippen molar-refractivity contribution in [1.82, 2.24) is 10.3 Å². The van der Waals surface area contributed by atoms with Crippen molar-refractivity contribution in [2.75, 3.05) is 25.0 Å². The summed E-state index contributed by atoms with van der Waals surface area (Å²) in [4.78, 5) is 4.03. The van der Waals surface area contributed by atoms with Gasteiger partial charge in [0.05, 0.1) is 6.20 Å². The van der Waals surface area contributed by atoms with Crippen LogP contribution in [-0.2, 0) is 0 Å². The first-order chi connectivity index (χ1) is 9.24. The van der Waals surface area contributed by atoms with Crippen LogP contribution in [0.1, 0.15) is 19.3 Å². The van der Waals surface area contributed by atoms with Gasteiger partial charge in [0, 0.05) is 6.54 Å². The second kappa shape index (κ2) is 7.23. The third-order valence-corrected chi connectivity index (χ3v) is 3.22. The van der Waals surface area contributed by atoms with E-state index in [1.54, 1.807) is 6.07 Å². The molecule has 1 saturated heterocycles. The Morgan fingerprint density at radius 3 is 3.00 bits per heavy atom. The van der Waals surface area contributed by atoms with E-state index in [4.69, 9.17) is 0 Å². The van der Waals surface area contributed by atoms with Crippen LogP contribution < -0.4 is 15.4 Å². The summed E-state index contributed by atoms with van der Waals surface area (Å²) in [6, 6.07) is 3.14. The van der Waals surface area contributed by atoms with Gasteiger partial charge in [0.25, 0.3) is 0 Å². The number of alkyl halides is 2. The van der Waals surface area contributed by atoms with E-state index >= 15 is 0 Å². The molecule has 6 heteroatoms. The minimum absolute atomic E-state index is 0.0806. The molecule has 0 saturated carbocycles. The highest BCUT2D eigenvalue weighted by atomic mass is 19.3. The van der Waals surface area contributed by atoms with Gasteiger partial charge < -0.3 is 15.4 Å². The molecule has 2 N–H and O–H groups in total. The normalized spacial score (nSPS) is 19.4. The highest BCUT2D eigenvalue weighted by molar-refractivity contribution is 5.37. The average molecular weight is 271 g/mol. The number of nitrogens with one attached hydrogen (secondary N) is 2. The molecule has 0 bridgehead atoms. The molecule has 1 aromatic heterocycles. The largest absolute Gasteiger partial charge is 0.433 e. The van der Waals surface area contributed by atoms with E-state index in [0.29, 0.717) is 11.7 Å². The second-order valence-electron chi connectivity index (χ2n) is 4.69. The van der Waals surface area contributed by atoms with Crippen LogP contribution in [0.15, 0.2) is 18.3 Å². The molecule has 4 nitrogen and oxygen atoms in total. The fourth-order valence-corrected chi connectivity index (χ4v) is 2.23. The summed E-state index contributed by atoms with van der Waals surface area (Å²) >= 11 is 0. The highest BCUT2D eigenvalue weighted by Crippen LogP contribution is 2.16. The predicted octanol–water partition coefficient (Wildman–Crippen LogP) is 2.48. The summed E-state index contributed by atoms with van der Waals surface area (Å²) in [5, 5.41) is 6.57. The summed E-state index contributed by atoms with van der Waals surface area (Å²) in [5.74, 6) is 1.48. The number of halogens is 2. The molecule has 1 aliphatic heterocycles. The second-order valence-corrected chi connectivity index (χ2v) is 4.69. The zero-order valence-corrected chi connectivity index (χ0v) is 10.7. The van der Waals surface area contributed by atoms with Gasteiger partial charge in [-0.25, -0.2) is 4.98 Å². The number of rotatable bonds is 6. The van der Waals surface area contributed by atoms with E-state index in [0.717, 1.165) is 26.1 Å². The van der Waals surface area contributed by atoms with Gasteiger partial charge in [-0.1, -0.05) is 0 Å². The first kappa shape index (κ1) is 14.0. The number of hydrogen-bond donors (Lipinski definition) is 2. The predicted molar refractivity (Wildman–Crippen MR) is 69.6 cm³/mol. The SMILES string of the molecule is FC(F)Oc1ccc(NCCC2CCCNC2)nc1. The van der Waals surface area contributed by atoms with Crippen molar-refractivity contribution in [1.29, 1.82) is 0 Å². The molecule has 106 valence electrons. The molecular weight excluding hydrogens is 252 g/mol. The summed E-state index contributed by atoms with van der Waals surface area (Å²) in [5.41, 5.74) is 0. The standard InChI is InChI=1S/C13H19F2N3O/c14-13(15)19-11-3-4-12(18-9-11)17-7-5-10-2-1-6-16-8-10/h3-4,9-10,13,16H,1-2,5-8H2,(H,17,18). The van der Waals surface area contributed by atoms with E-state index in [1.165, 1.54) is 25.1 Å². The third-order valence-electron chi connectivity index (χ3n) is 3.22. The zero-order valence-electron chi connectivity index (χ0n) is 10.7. The van der Waals surface area contributed by atoms with Gasteiger partial charge in [-0.15, -0.1) is 0 Å². The van der Waals surface area contributed by atoms with E-state index in [-0.39, 0.29) is 5.75 Å². The molecule has 2 rings (SSSR count). The summed E-state index contributed by atoms with van der Waals surface area (Å²) in [6.45, 7) is 0.237. The van der Waals surface area contributed by atoms with Crippen molar-refractivity contribution in [3.05, 3.63) is 18.3 Å². The molecule has 0 amide bonds. The molecule has 1 unspecified atom stereocenters. The Hall–Kier alpha value is -1.43. The molecule has 1 aliphatic rings. The molecule has 1 aromatic rings. The number of hydrogen-bond acceptors (Lipinski definition) is 4. The lowest BCUT2D eigenvalue weighted by atomic mass is 9.96. The number of piperidine rings is 1. The number of ether oxygens (including phenoxy) is 1. The molecule has 0 aromatic carbocycles. The Balaban J connectivity index is 1.70. The highest BCUT2D eigenvalue weighted by Gasteiger charge is 2.12. The summed E-state index contributed by atoms with van der Waals surface area (Å²) < 4.78 is 28.2. The Labute approximate surface area is 111 Å². The van der Waals surface area contributed by atoms with Gasteiger partial charge in [0.2, 0.25) is 0 Å². The lowest BCUT2D eigenvalue weighted by Crippen LogP contribution is -2.30. The van der Waals surface area contributed by atoms with Crippen LogP contribution in [-0.4, -0.2) is 31.2 Å². The van der Waals surface area contributed by atoms with Gasteiger partial charge in [-0.3, -0.25) is 0 Å². The molecule has 0 aliphatic carbocycles. The molecule has 1 atom stereocenters. The van der Waals surface area contributed by atoms with Crippen LogP contribution in [0.2, 0.25) is 0 Å². The maximum atomic E-state index is 12.0. The van der Waals surface area contributed by atoms with Crippen LogP contribution in [0, 0.1) is 5.92 Å². The van der Waals surface area contributed by atoms with Gasteiger partial charge in [-0.2, -0.15) is 8.78 Å². The van der Waals surface area contributed by atoms with Crippen molar-refractivity contribution in [3.8, 4) is 5.75 Å². The Morgan fingerprint density at radius 2 is 2.37 bits per heavy atom. The van der Waals surface area contributed by atoms with Gasteiger partial charge in [-0.05, 0) is 50.4 Å². The molecule has 0 radical (unpaired) electrons. The summed E-state index contributed by atoms with van der Waals surface area (Å²) in [7, 11) is 0. The first-order valence-corrected chi connectivity index (χ1v) is 6.59. The average Bonchev–Trinajstić information content (AvgIpc) is 2.41. The maximum Gasteiger partial charge on any atom is 0.387 e. The number of nitrogens with zero attached hydrogens (tertiary/aromatic N) is 1. The smallest absolute Gasteiger partial charge is 0.387 e. The number of anilines is 1. The first-order valence-electron chi connectivity index (χ1n) is 6.59. The van der Waals surface area contributed by atoms with Gasteiger partial charge in [0.1, 0.15) is 11.6 Å². The fourth-order valence-electron chi connectivity index (χ4n) is 2.23. The zero-order chi connectivity index (χ0) is 13.5. The molecule has 1 fully saturated rings. The molecule has 2 heterocycles. The number of pyridine rings is 1. The Morgan fingerprint density at radius 1 is 1.47 bits per heavy atom. The number of aromatic nitrogens is 1. The minimum Gasteiger partial charge on any atom is -0.433 e. The van der Waals surface area contributed by atoms with Crippen LogP contribution in [0.25, 0.3) is 0 Å². The van der Waals surface area contributed by atoms with Crippen molar-refractivity contribution >= 4 is 5.82 Å². The summed E-state index contributed by atoms with van der Waals surface area (Å²) in [6.07, 6.45) is 4.90. The fraction of sp³-hybridized carbons (Fsp3) is 0.615. The molecule has 19 heavy (non-hydrogen) atoms. The van der Waals surface area contributed by atoms with Crippen LogP contribution >= 0.6 is 0 Å². The van der Waals surface area contributed by atoms with E-state index in [1.807, 2.05) is 0 Å². The Bertz CT molecular complexity index is 367. The Kier molecular flexibility index (Phi) is 5.32. The maximum absolute atomic E-state index is 12.0. The quantitative estimate of drug-likeness (QED) is 0.834. The lowest BCUT2D eigenvalue weighted by Gasteiger charge is -2.22. The van der Waals surface area contributed by atoms with Crippen molar-refractivity contribution in [3.63, 3.8) is 0 Å². The van der Waals surface area contributed by atoms with Crippen molar-refractivity contribution < 1.29 is 13.5 Å². The van der Waals surface area contributed by atoms with Crippen LogP contribution in [0.5, 0.6) is 5.75 Å². The lowest BCUT2D eigenvalue weighted by molar-refractivity contribution is -0.0500. The third kappa shape index (κ3) is 4.98. The minimum atomic E-state index is -2.81. The topological polar surface area (TPSA) is 46.2 Å². The molecular formula is C13H19F2N3O. The molecule has 0 spiro atoms. The van der Waals surface area contributed by atoms with Crippen LogP contribution in [0.4, 0.5) is 14.6 Å². The van der Waals surface area contributed by atoms with E-state index < -0.39 is 6.61 Å². The van der Waals surface area contributed by atoms with Crippen molar-refractivity contribution in [2.45, 2.75) is 25.9 Å². The van der Waals surface area contributed by atoms with Crippen LogP contribution in [0.3, 0.4) is 0 Å². The van der Waals surface area contributed by atoms with Gasteiger partial charge >= 0.3 is 6.61 Å². The van der Waals surface area contributed by atoms with Crippen molar-refractivity contribution in [2.24, 2.45) is 5.92 Å². The van der Waals surface area contributed by atoms with E-state index in [2.05, 4.69) is 20.4 Å².